The number of hydrogen-bond acceptors (Lipinski definition) is 5. The summed E-state index contributed by atoms with van der Waals surface area (Å²) < 4.78 is 15.7. The molecule has 8 heteroatoms. The zero-order chi connectivity index (χ0) is 20.2. The van der Waals surface area contributed by atoms with Crippen molar-refractivity contribution >= 4 is 17.4 Å². The van der Waals surface area contributed by atoms with E-state index in [1.54, 1.807) is 16.8 Å². The lowest BCUT2D eigenvalue weighted by atomic mass is 9.93. The van der Waals surface area contributed by atoms with Gasteiger partial charge in [0.1, 0.15) is 17.2 Å². The summed E-state index contributed by atoms with van der Waals surface area (Å²) in [6.07, 6.45) is 7.91. The average molecular weight is 394 g/mol. The van der Waals surface area contributed by atoms with Crippen LogP contribution < -0.4 is 10.2 Å². The summed E-state index contributed by atoms with van der Waals surface area (Å²) in [5.41, 5.74) is 2.32. The largest absolute Gasteiger partial charge is 0.349 e. The van der Waals surface area contributed by atoms with Crippen LogP contribution in [0, 0.1) is 5.82 Å². The smallest absolute Gasteiger partial charge is 0.257 e. The van der Waals surface area contributed by atoms with Crippen molar-refractivity contribution < 1.29 is 9.18 Å². The Morgan fingerprint density at radius 3 is 3.03 bits per heavy atom. The molecule has 0 aromatic carbocycles. The Labute approximate surface area is 168 Å². The Bertz CT molecular complexity index is 1110. The van der Waals surface area contributed by atoms with Crippen molar-refractivity contribution in [1.29, 1.82) is 0 Å². The van der Waals surface area contributed by atoms with Crippen molar-refractivity contribution in [1.82, 2.24) is 24.9 Å². The molecular weight excluding hydrogens is 371 g/mol. The predicted octanol–water partition coefficient (Wildman–Crippen LogP) is 3.06. The maximum absolute atomic E-state index is 14.1. The quantitative estimate of drug-likeness (QED) is 0.634. The predicted molar refractivity (Wildman–Crippen MR) is 106 cm³/mol. The summed E-state index contributed by atoms with van der Waals surface area (Å²) >= 11 is 0. The SMILES string of the molecule is CC1(C)CCc2ncc(F)cc2[C@H]2CCCN2c2ccn3ncc(c3n2)C(=O)N1. The molecule has 29 heavy (non-hydrogen) atoms. The summed E-state index contributed by atoms with van der Waals surface area (Å²) in [5, 5.41) is 7.37. The van der Waals surface area contributed by atoms with Crippen LogP contribution in [0.4, 0.5) is 10.2 Å². The monoisotopic (exact) mass is 394 g/mol. The number of rotatable bonds is 0. The van der Waals surface area contributed by atoms with Crippen LogP contribution in [0.1, 0.15) is 60.8 Å². The van der Waals surface area contributed by atoms with Crippen molar-refractivity contribution in [3.05, 3.63) is 53.4 Å². The van der Waals surface area contributed by atoms with E-state index in [2.05, 4.69) is 20.3 Å². The average Bonchev–Trinajstić information content (AvgIpc) is 3.32. The molecule has 5 rings (SSSR count). The van der Waals surface area contributed by atoms with Crippen molar-refractivity contribution in [2.75, 3.05) is 11.4 Å². The van der Waals surface area contributed by atoms with Gasteiger partial charge in [0.25, 0.3) is 5.91 Å². The highest BCUT2D eigenvalue weighted by atomic mass is 19.1. The van der Waals surface area contributed by atoms with Crippen molar-refractivity contribution in [3.63, 3.8) is 0 Å². The Kier molecular flexibility index (Phi) is 4.04. The topological polar surface area (TPSA) is 75.4 Å². The Morgan fingerprint density at radius 1 is 1.31 bits per heavy atom. The number of pyridine rings is 1. The highest BCUT2D eigenvalue weighted by Gasteiger charge is 2.32. The molecule has 0 spiro atoms. The molecule has 1 fully saturated rings. The van der Waals surface area contributed by atoms with Crippen LogP contribution in [-0.4, -0.2) is 37.6 Å². The number of carbonyl (C=O) groups excluding carboxylic acids is 1. The lowest BCUT2D eigenvalue weighted by Gasteiger charge is -2.28. The Morgan fingerprint density at radius 2 is 2.17 bits per heavy atom. The summed E-state index contributed by atoms with van der Waals surface area (Å²) in [6.45, 7) is 4.80. The second-order valence-corrected chi connectivity index (χ2v) is 8.49. The van der Waals surface area contributed by atoms with Crippen LogP contribution in [-0.2, 0) is 6.42 Å². The number of anilines is 1. The molecule has 7 nitrogen and oxygen atoms in total. The van der Waals surface area contributed by atoms with Gasteiger partial charge in [-0.3, -0.25) is 9.78 Å². The number of carbonyl (C=O) groups is 1. The first-order valence-electron chi connectivity index (χ1n) is 9.99. The van der Waals surface area contributed by atoms with Gasteiger partial charge in [-0.25, -0.2) is 13.9 Å². The van der Waals surface area contributed by atoms with Gasteiger partial charge in [0.05, 0.1) is 18.4 Å². The third-order valence-corrected chi connectivity index (χ3v) is 5.91. The highest BCUT2D eigenvalue weighted by molar-refractivity contribution is 6.00. The Hall–Kier alpha value is -3.03. The van der Waals surface area contributed by atoms with E-state index in [-0.39, 0.29) is 17.8 Å². The fraction of sp³-hybridized carbons (Fsp3) is 0.429. The lowest BCUT2D eigenvalue weighted by Crippen LogP contribution is -2.43. The van der Waals surface area contributed by atoms with Crippen molar-refractivity contribution in [2.45, 2.75) is 51.1 Å². The second kappa shape index (κ2) is 6.50. The standard InChI is InChI=1S/C21H23FN6O/c1-21(2)7-5-16-14(10-13(22)11-23-16)17-4-3-8-27(17)18-6-9-28-19(25-18)15(12-24-28)20(29)26-21/h6,9-12,17H,3-5,7-8H2,1-2H3,(H,26,29)/t17-/m1/s1. The number of hydrogen-bond donors (Lipinski definition) is 1. The van der Waals surface area contributed by atoms with Gasteiger partial charge in [-0.2, -0.15) is 5.10 Å². The normalized spacial score (nSPS) is 21.1. The molecule has 5 heterocycles. The van der Waals surface area contributed by atoms with Crippen molar-refractivity contribution in [2.24, 2.45) is 0 Å². The zero-order valence-electron chi connectivity index (χ0n) is 16.5. The first kappa shape index (κ1) is 18.0. The molecule has 1 saturated heterocycles. The van der Waals surface area contributed by atoms with E-state index >= 15 is 0 Å². The Balaban J connectivity index is 1.70. The van der Waals surface area contributed by atoms with E-state index in [9.17, 15) is 9.18 Å². The third-order valence-electron chi connectivity index (χ3n) is 5.91. The van der Waals surface area contributed by atoms with Crippen LogP contribution in [0.2, 0.25) is 0 Å². The molecule has 2 aliphatic heterocycles. The zero-order valence-corrected chi connectivity index (χ0v) is 16.5. The molecule has 0 unspecified atom stereocenters. The van der Waals surface area contributed by atoms with Gasteiger partial charge in [0.2, 0.25) is 0 Å². The molecule has 3 aromatic rings. The number of amides is 1. The van der Waals surface area contributed by atoms with Gasteiger partial charge in [0, 0.05) is 24.0 Å². The molecule has 2 bridgehead atoms. The molecule has 0 saturated carbocycles. The third kappa shape index (κ3) is 3.12. The van der Waals surface area contributed by atoms with Gasteiger partial charge in [-0.1, -0.05) is 0 Å². The first-order chi connectivity index (χ1) is 13.9. The maximum atomic E-state index is 14.1. The summed E-state index contributed by atoms with van der Waals surface area (Å²) in [5.74, 6) is 0.247. The maximum Gasteiger partial charge on any atom is 0.257 e. The summed E-state index contributed by atoms with van der Waals surface area (Å²) in [4.78, 5) is 24.3. The molecule has 150 valence electrons. The molecular formula is C21H23FN6O. The number of nitrogens with one attached hydrogen (secondary N) is 1. The molecule has 1 atom stereocenters. The fourth-order valence-corrected chi connectivity index (χ4v) is 4.39. The number of aromatic nitrogens is 4. The van der Waals surface area contributed by atoms with Crippen LogP contribution in [0.3, 0.4) is 0 Å². The van der Waals surface area contributed by atoms with Crippen LogP contribution >= 0.6 is 0 Å². The fourth-order valence-electron chi connectivity index (χ4n) is 4.39. The van der Waals surface area contributed by atoms with E-state index in [4.69, 9.17) is 4.98 Å². The lowest BCUT2D eigenvalue weighted by molar-refractivity contribution is 0.0910. The van der Waals surface area contributed by atoms with Crippen molar-refractivity contribution in [3.8, 4) is 0 Å². The molecule has 1 amide bonds. The minimum absolute atomic E-state index is 0.0158. The first-order valence-corrected chi connectivity index (χ1v) is 9.99. The minimum atomic E-state index is -0.459. The van der Waals surface area contributed by atoms with Crippen LogP contribution in [0.15, 0.2) is 30.7 Å². The molecule has 3 aromatic heterocycles. The molecule has 0 aliphatic carbocycles. The minimum Gasteiger partial charge on any atom is -0.349 e. The van der Waals surface area contributed by atoms with E-state index < -0.39 is 5.54 Å². The number of aryl methyl sites for hydroxylation is 1. The van der Waals surface area contributed by atoms with E-state index in [1.165, 1.54) is 6.20 Å². The molecule has 2 aliphatic rings. The highest BCUT2D eigenvalue weighted by Crippen LogP contribution is 2.37. The summed E-state index contributed by atoms with van der Waals surface area (Å²) in [7, 11) is 0. The summed E-state index contributed by atoms with van der Waals surface area (Å²) in [6, 6.07) is 3.53. The molecule has 0 radical (unpaired) electrons. The van der Waals surface area contributed by atoms with Gasteiger partial charge in [-0.15, -0.1) is 0 Å². The number of halogens is 1. The van der Waals surface area contributed by atoms with Crippen LogP contribution in [0.25, 0.3) is 5.65 Å². The van der Waals surface area contributed by atoms with E-state index in [0.717, 1.165) is 36.5 Å². The van der Waals surface area contributed by atoms with Gasteiger partial charge < -0.3 is 10.2 Å². The van der Waals surface area contributed by atoms with Gasteiger partial charge >= 0.3 is 0 Å². The van der Waals surface area contributed by atoms with Crippen LogP contribution in [0.5, 0.6) is 0 Å². The number of nitrogens with zero attached hydrogens (tertiary/aromatic N) is 5. The van der Waals surface area contributed by atoms with Gasteiger partial charge in [0.15, 0.2) is 5.65 Å². The molecule has 1 N–H and O–H groups in total. The van der Waals surface area contributed by atoms with E-state index in [0.29, 0.717) is 24.1 Å². The van der Waals surface area contributed by atoms with Gasteiger partial charge in [-0.05, 0) is 57.2 Å². The second-order valence-electron chi connectivity index (χ2n) is 8.49. The van der Waals surface area contributed by atoms with E-state index in [1.807, 2.05) is 26.1 Å². The number of fused-ring (bicyclic) bond motifs is 5.